The molecule has 1 aliphatic rings. The zero-order chi connectivity index (χ0) is 10.7. The lowest BCUT2D eigenvalue weighted by Crippen LogP contribution is -2.23. The number of benzene rings is 1. The minimum atomic E-state index is -0.231. The molecule has 1 fully saturated rings. The van der Waals surface area contributed by atoms with Gasteiger partial charge in [-0.2, -0.15) is 0 Å². The molecule has 2 atom stereocenters. The molecule has 0 saturated carbocycles. The molecule has 0 unspecified atom stereocenters. The second-order valence-electron chi connectivity index (χ2n) is 3.81. The van der Waals surface area contributed by atoms with E-state index in [1.165, 1.54) is 0 Å². The van der Waals surface area contributed by atoms with E-state index in [2.05, 4.69) is 0 Å². The molecule has 3 nitrogen and oxygen atoms in total. The highest BCUT2D eigenvalue weighted by Crippen LogP contribution is 2.28. The van der Waals surface area contributed by atoms with Crippen LogP contribution in [0.5, 0.6) is 5.75 Å². The quantitative estimate of drug-likeness (QED) is 0.806. The normalized spacial score (nSPS) is 26.3. The minimum absolute atomic E-state index is 0.0275. The van der Waals surface area contributed by atoms with Crippen molar-refractivity contribution in [3.05, 3.63) is 29.8 Å². The maximum Gasteiger partial charge on any atom is 0.118 e. The average molecular weight is 208 g/mol. The van der Waals surface area contributed by atoms with Crippen LogP contribution < -0.4 is 4.74 Å². The Hall–Kier alpha value is -1.06. The molecule has 3 heteroatoms. The Morgan fingerprint density at radius 3 is 2.67 bits per heavy atom. The van der Waals surface area contributed by atoms with Crippen LogP contribution in [0.4, 0.5) is 0 Å². The summed E-state index contributed by atoms with van der Waals surface area (Å²) in [5.41, 5.74) is 1.11. The van der Waals surface area contributed by atoms with Gasteiger partial charge in [-0.25, -0.2) is 0 Å². The molecule has 1 aromatic carbocycles. The van der Waals surface area contributed by atoms with Crippen molar-refractivity contribution in [2.45, 2.75) is 25.0 Å². The first kappa shape index (κ1) is 10.5. The highest BCUT2D eigenvalue weighted by Gasteiger charge is 2.21. The fourth-order valence-electron chi connectivity index (χ4n) is 1.83. The van der Waals surface area contributed by atoms with Crippen LogP contribution in [0.3, 0.4) is 0 Å². The number of hydrogen-bond acceptors (Lipinski definition) is 3. The molecule has 1 N–H and O–H groups in total. The van der Waals surface area contributed by atoms with Gasteiger partial charge in [0.15, 0.2) is 0 Å². The van der Waals surface area contributed by atoms with E-state index in [0.29, 0.717) is 13.0 Å². The van der Waals surface area contributed by atoms with Gasteiger partial charge in [0.25, 0.3) is 0 Å². The Bertz CT molecular complexity index is 307. The Labute approximate surface area is 89.6 Å². The Morgan fingerprint density at radius 2 is 2.07 bits per heavy atom. The lowest BCUT2D eigenvalue weighted by molar-refractivity contribution is -0.0447. The van der Waals surface area contributed by atoms with Crippen LogP contribution in [-0.4, -0.2) is 24.9 Å². The van der Waals surface area contributed by atoms with E-state index in [1.807, 2.05) is 24.3 Å². The smallest absolute Gasteiger partial charge is 0.118 e. The van der Waals surface area contributed by atoms with E-state index in [4.69, 9.17) is 9.47 Å². The van der Waals surface area contributed by atoms with Crippen molar-refractivity contribution in [3.63, 3.8) is 0 Å². The van der Waals surface area contributed by atoms with Crippen molar-refractivity contribution in [2.75, 3.05) is 13.7 Å². The number of hydrogen-bond donors (Lipinski definition) is 1. The van der Waals surface area contributed by atoms with Crippen LogP contribution in [-0.2, 0) is 4.74 Å². The number of aliphatic hydroxyl groups excluding tert-OH is 1. The summed E-state index contributed by atoms with van der Waals surface area (Å²) in [5.74, 6) is 0.843. The molecule has 0 radical (unpaired) electrons. The minimum Gasteiger partial charge on any atom is -0.497 e. The standard InChI is InChI=1S/C12H16O3/c1-14-11-4-2-9(3-5-11)12-8-10(13)6-7-15-12/h2-5,10,12-13H,6-8H2,1H3/t10-,12+/m0/s1. The summed E-state index contributed by atoms with van der Waals surface area (Å²) in [5, 5.41) is 9.54. The van der Waals surface area contributed by atoms with Crippen LogP contribution in [0.1, 0.15) is 24.5 Å². The van der Waals surface area contributed by atoms with Gasteiger partial charge in [-0.15, -0.1) is 0 Å². The van der Waals surface area contributed by atoms with Crippen LogP contribution in [0.25, 0.3) is 0 Å². The van der Waals surface area contributed by atoms with Crippen LogP contribution in [0.2, 0.25) is 0 Å². The first-order chi connectivity index (χ1) is 7.29. The van der Waals surface area contributed by atoms with Gasteiger partial charge >= 0.3 is 0 Å². The summed E-state index contributed by atoms with van der Waals surface area (Å²) in [6.45, 7) is 0.637. The van der Waals surface area contributed by atoms with Crippen molar-refractivity contribution in [1.29, 1.82) is 0 Å². The molecule has 82 valence electrons. The molecule has 1 heterocycles. The van der Waals surface area contributed by atoms with Gasteiger partial charge in [0.1, 0.15) is 5.75 Å². The van der Waals surface area contributed by atoms with E-state index < -0.39 is 0 Å². The van der Waals surface area contributed by atoms with Gasteiger partial charge in [-0.3, -0.25) is 0 Å². The first-order valence-electron chi connectivity index (χ1n) is 5.23. The fourth-order valence-corrected chi connectivity index (χ4v) is 1.83. The molecule has 15 heavy (non-hydrogen) atoms. The maximum atomic E-state index is 9.54. The van der Waals surface area contributed by atoms with Crippen molar-refractivity contribution in [3.8, 4) is 5.75 Å². The molecule has 1 saturated heterocycles. The third kappa shape index (κ3) is 2.49. The molecular weight excluding hydrogens is 192 g/mol. The Balaban J connectivity index is 2.07. The van der Waals surface area contributed by atoms with Crippen LogP contribution >= 0.6 is 0 Å². The van der Waals surface area contributed by atoms with E-state index in [0.717, 1.165) is 17.7 Å². The molecule has 0 spiro atoms. The third-order valence-corrected chi connectivity index (χ3v) is 2.74. The molecule has 0 aromatic heterocycles. The fraction of sp³-hybridized carbons (Fsp3) is 0.500. The van der Waals surface area contributed by atoms with E-state index in [-0.39, 0.29) is 12.2 Å². The first-order valence-corrected chi connectivity index (χ1v) is 5.23. The number of methoxy groups -OCH3 is 1. The zero-order valence-electron chi connectivity index (χ0n) is 8.85. The number of aliphatic hydroxyl groups is 1. The molecular formula is C12H16O3. The summed E-state index contributed by atoms with van der Waals surface area (Å²) in [7, 11) is 1.65. The SMILES string of the molecule is COc1ccc([C@H]2C[C@@H](O)CCO2)cc1. The Kier molecular flexibility index (Phi) is 3.23. The molecule has 1 aromatic rings. The van der Waals surface area contributed by atoms with Crippen molar-refractivity contribution < 1.29 is 14.6 Å². The summed E-state index contributed by atoms with van der Waals surface area (Å²) in [4.78, 5) is 0. The summed E-state index contributed by atoms with van der Waals surface area (Å²) in [6, 6.07) is 7.81. The van der Waals surface area contributed by atoms with Crippen molar-refractivity contribution >= 4 is 0 Å². The topological polar surface area (TPSA) is 38.7 Å². The van der Waals surface area contributed by atoms with E-state index in [9.17, 15) is 5.11 Å². The van der Waals surface area contributed by atoms with Gasteiger partial charge in [-0.05, 0) is 24.1 Å². The second-order valence-corrected chi connectivity index (χ2v) is 3.81. The van der Waals surface area contributed by atoms with Gasteiger partial charge < -0.3 is 14.6 Å². The molecule has 0 aliphatic carbocycles. The van der Waals surface area contributed by atoms with Crippen molar-refractivity contribution in [2.24, 2.45) is 0 Å². The summed E-state index contributed by atoms with van der Waals surface area (Å²) in [6.07, 6.45) is 1.23. The summed E-state index contributed by atoms with van der Waals surface area (Å²) >= 11 is 0. The van der Waals surface area contributed by atoms with Crippen molar-refractivity contribution in [1.82, 2.24) is 0 Å². The Morgan fingerprint density at radius 1 is 1.33 bits per heavy atom. The number of ether oxygens (including phenoxy) is 2. The van der Waals surface area contributed by atoms with Gasteiger partial charge in [0, 0.05) is 13.0 Å². The van der Waals surface area contributed by atoms with Gasteiger partial charge in [0.05, 0.1) is 19.3 Å². The largest absolute Gasteiger partial charge is 0.497 e. The lowest BCUT2D eigenvalue weighted by atomic mass is 9.99. The summed E-state index contributed by atoms with van der Waals surface area (Å²) < 4.78 is 10.7. The molecule has 1 aliphatic heterocycles. The zero-order valence-corrected chi connectivity index (χ0v) is 8.85. The highest BCUT2D eigenvalue weighted by molar-refractivity contribution is 5.28. The molecule has 0 bridgehead atoms. The van der Waals surface area contributed by atoms with E-state index in [1.54, 1.807) is 7.11 Å². The van der Waals surface area contributed by atoms with Gasteiger partial charge in [-0.1, -0.05) is 12.1 Å². The second kappa shape index (κ2) is 4.64. The predicted molar refractivity (Wildman–Crippen MR) is 56.9 cm³/mol. The van der Waals surface area contributed by atoms with Crippen LogP contribution in [0.15, 0.2) is 24.3 Å². The number of rotatable bonds is 2. The maximum absolute atomic E-state index is 9.54. The van der Waals surface area contributed by atoms with E-state index >= 15 is 0 Å². The predicted octanol–water partition coefficient (Wildman–Crippen LogP) is 1.91. The van der Waals surface area contributed by atoms with Gasteiger partial charge in [0.2, 0.25) is 0 Å². The molecule has 2 rings (SSSR count). The third-order valence-electron chi connectivity index (χ3n) is 2.74. The highest BCUT2D eigenvalue weighted by atomic mass is 16.5. The average Bonchev–Trinajstić information content (AvgIpc) is 2.29. The monoisotopic (exact) mass is 208 g/mol. The van der Waals surface area contributed by atoms with Crippen LogP contribution in [0, 0.1) is 0 Å². The lowest BCUT2D eigenvalue weighted by Gasteiger charge is -2.26. The molecule has 0 amide bonds.